The predicted molar refractivity (Wildman–Crippen MR) is 149 cm³/mol. The summed E-state index contributed by atoms with van der Waals surface area (Å²) < 4.78 is 85.8. The highest BCUT2D eigenvalue weighted by Crippen LogP contribution is 2.37. The first-order valence-corrected chi connectivity index (χ1v) is 14.2. The van der Waals surface area contributed by atoms with E-state index in [-0.39, 0.29) is 24.2 Å². The van der Waals surface area contributed by atoms with Crippen LogP contribution in [-0.4, -0.2) is 55.7 Å². The maximum Gasteiger partial charge on any atom is 0.416 e. The van der Waals surface area contributed by atoms with E-state index in [1.807, 2.05) is 24.3 Å². The molecule has 3 aromatic carbocycles. The van der Waals surface area contributed by atoms with Gasteiger partial charge in [0.05, 0.1) is 24.3 Å². The van der Waals surface area contributed by atoms with Crippen LogP contribution in [0.4, 0.5) is 26.3 Å². The zero-order valence-electron chi connectivity index (χ0n) is 23.4. The molecule has 4 nitrogen and oxygen atoms in total. The van der Waals surface area contributed by atoms with Crippen LogP contribution in [0.1, 0.15) is 45.8 Å². The van der Waals surface area contributed by atoms with Gasteiger partial charge in [0, 0.05) is 50.9 Å². The summed E-state index contributed by atoms with van der Waals surface area (Å²) in [5, 5.41) is 3.15. The molecule has 2 atom stereocenters. The number of para-hydroxylation sites is 1. The summed E-state index contributed by atoms with van der Waals surface area (Å²) in [6.45, 7) is 3.51. The summed E-state index contributed by atoms with van der Waals surface area (Å²) in [6.07, 6.45) is -6.54. The van der Waals surface area contributed by atoms with Gasteiger partial charge in [-0.3, -0.25) is 9.80 Å². The molecule has 42 heavy (non-hydrogen) atoms. The van der Waals surface area contributed by atoms with E-state index in [9.17, 15) is 26.3 Å². The lowest BCUT2D eigenvalue weighted by molar-refractivity contribution is -0.143. The number of rotatable bonds is 8. The number of nitrogens with zero attached hydrogens (tertiary/aromatic N) is 2. The first-order valence-electron chi connectivity index (χ1n) is 14.2. The molecule has 1 aliphatic carbocycles. The fraction of sp³-hybridized carbons (Fsp3) is 0.438. The Morgan fingerprint density at radius 3 is 2.10 bits per heavy atom. The third-order valence-electron chi connectivity index (χ3n) is 8.44. The second-order valence-corrected chi connectivity index (χ2v) is 11.0. The lowest BCUT2D eigenvalue weighted by Gasteiger charge is -2.44. The van der Waals surface area contributed by atoms with Crippen molar-refractivity contribution < 1.29 is 31.1 Å². The molecule has 1 N–H and O–H groups in total. The van der Waals surface area contributed by atoms with Crippen molar-refractivity contribution in [3.05, 3.63) is 100 Å². The molecule has 0 saturated carbocycles. The lowest BCUT2D eigenvalue weighted by atomic mass is 9.87. The van der Waals surface area contributed by atoms with Gasteiger partial charge in [-0.1, -0.05) is 42.5 Å². The average molecular weight is 592 g/mol. The summed E-state index contributed by atoms with van der Waals surface area (Å²) in [5.74, 6) is 0.689. The van der Waals surface area contributed by atoms with E-state index < -0.39 is 23.5 Å². The Morgan fingerprint density at radius 1 is 0.833 bits per heavy atom. The number of benzene rings is 3. The number of fused-ring (bicyclic) bond motifs is 1. The van der Waals surface area contributed by atoms with Crippen molar-refractivity contribution in [3.8, 4) is 5.75 Å². The molecule has 3 aromatic rings. The molecule has 1 saturated heterocycles. The van der Waals surface area contributed by atoms with E-state index in [0.717, 1.165) is 63.1 Å². The molecule has 1 aliphatic heterocycles. The fourth-order valence-electron chi connectivity index (χ4n) is 6.26. The van der Waals surface area contributed by atoms with Crippen LogP contribution < -0.4 is 10.1 Å². The van der Waals surface area contributed by atoms with Gasteiger partial charge in [-0.2, -0.15) is 26.3 Å². The van der Waals surface area contributed by atoms with Gasteiger partial charge in [-0.05, 0) is 60.2 Å². The quantitative estimate of drug-likeness (QED) is 0.294. The summed E-state index contributed by atoms with van der Waals surface area (Å²) in [7, 11) is 1.59. The van der Waals surface area contributed by atoms with Gasteiger partial charge in [-0.25, -0.2) is 0 Å². The zero-order valence-corrected chi connectivity index (χ0v) is 23.4. The lowest BCUT2D eigenvalue weighted by Crippen LogP contribution is -2.53. The molecular weight excluding hydrogens is 556 g/mol. The Kier molecular flexibility index (Phi) is 9.15. The summed E-state index contributed by atoms with van der Waals surface area (Å²) in [5.41, 5.74) is 1.08. The number of hydrogen-bond acceptors (Lipinski definition) is 4. The molecule has 0 radical (unpaired) electrons. The molecule has 226 valence electrons. The van der Waals surface area contributed by atoms with Gasteiger partial charge in [0.25, 0.3) is 0 Å². The van der Waals surface area contributed by atoms with Crippen LogP contribution in [0.3, 0.4) is 0 Å². The first-order chi connectivity index (χ1) is 20.0. The van der Waals surface area contributed by atoms with Crippen LogP contribution >= 0.6 is 0 Å². The van der Waals surface area contributed by atoms with Gasteiger partial charge in [0.2, 0.25) is 0 Å². The average Bonchev–Trinajstić information content (AvgIpc) is 2.98. The Labute approximate surface area is 242 Å². The molecule has 0 bridgehead atoms. The van der Waals surface area contributed by atoms with Crippen molar-refractivity contribution in [1.82, 2.24) is 15.1 Å². The highest BCUT2D eigenvalue weighted by Gasteiger charge is 2.37. The van der Waals surface area contributed by atoms with Crippen LogP contribution in [0.5, 0.6) is 5.75 Å². The smallest absolute Gasteiger partial charge is 0.416 e. The maximum atomic E-state index is 13.4. The normalized spacial score (nSPS) is 19.4. The van der Waals surface area contributed by atoms with Crippen LogP contribution in [-0.2, 0) is 31.7 Å². The van der Waals surface area contributed by atoms with E-state index in [0.29, 0.717) is 18.3 Å². The van der Waals surface area contributed by atoms with Gasteiger partial charge in [0.15, 0.2) is 0 Å². The van der Waals surface area contributed by atoms with Crippen LogP contribution in [0.25, 0.3) is 0 Å². The Bertz CT molecular complexity index is 1320. The Balaban J connectivity index is 1.29. The molecule has 1 heterocycles. The van der Waals surface area contributed by atoms with Gasteiger partial charge < -0.3 is 10.1 Å². The summed E-state index contributed by atoms with van der Waals surface area (Å²) >= 11 is 0. The minimum Gasteiger partial charge on any atom is -0.496 e. The number of halogens is 6. The summed E-state index contributed by atoms with van der Waals surface area (Å²) in [4.78, 5) is 4.87. The molecular formula is C32H35F6N3O. The zero-order chi connectivity index (χ0) is 29.9. The summed E-state index contributed by atoms with van der Waals surface area (Å²) in [6, 6.07) is 18.2. The number of nitrogens with one attached hydrogen (secondary N) is 1. The topological polar surface area (TPSA) is 27.7 Å². The van der Waals surface area contributed by atoms with E-state index in [1.54, 1.807) is 7.11 Å². The number of hydrogen-bond donors (Lipinski definition) is 1. The maximum absolute atomic E-state index is 13.4. The Hall–Kier alpha value is -3.08. The molecule has 10 heteroatoms. The van der Waals surface area contributed by atoms with Crippen molar-refractivity contribution in [2.75, 3.05) is 39.8 Å². The van der Waals surface area contributed by atoms with E-state index in [1.165, 1.54) is 11.1 Å². The minimum absolute atomic E-state index is 0.0710. The molecule has 2 aliphatic rings. The van der Waals surface area contributed by atoms with Crippen LogP contribution in [0.15, 0.2) is 66.7 Å². The molecule has 5 rings (SSSR count). The molecule has 0 amide bonds. The number of aryl methyl sites for hydroxylation is 1. The van der Waals surface area contributed by atoms with Crippen LogP contribution in [0.2, 0.25) is 0 Å². The third kappa shape index (κ3) is 7.10. The van der Waals surface area contributed by atoms with Crippen molar-refractivity contribution in [2.24, 2.45) is 0 Å². The monoisotopic (exact) mass is 591 g/mol. The fourth-order valence-corrected chi connectivity index (χ4v) is 6.26. The largest absolute Gasteiger partial charge is 0.496 e. The number of alkyl halides is 6. The van der Waals surface area contributed by atoms with Crippen molar-refractivity contribution in [3.63, 3.8) is 0 Å². The van der Waals surface area contributed by atoms with E-state index in [4.69, 9.17) is 4.74 Å². The minimum atomic E-state index is -4.88. The van der Waals surface area contributed by atoms with Crippen molar-refractivity contribution in [1.29, 1.82) is 0 Å². The predicted octanol–water partition coefficient (Wildman–Crippen LogP) is 6.74. The first kappa shape index (κ1) is 30.4. The molecule has 0 spiro atoms. The number of piperazine rings is 1. The second kappa shape index (κ2) is 12.7. The van der Waals surface area contributed by atoms with Crippen molar-refractivity contribution >= 4 is 0 Å². The highest BCUT2D eigenvalue weighted by atomic mass is 19.4. The molecule has 1 fully saturated rings. The standard InChI is InChI=1S/C32H35F6N3O/c1-42-30-9-5-4-8-28(30)29(21-39-20-22-16-25(31(33,34)35)19-26(17-22)32(36,37)38)41-14-12-40(13-15-41)27-11-10-23-6-2-3-7-24(23)18-27/h2-9,16-17,19,27,29,39H,10-15,18,20-21H2,1H3. The SMILES string of the molecule is COc1ccccc1C(CNCc1cc(C(F)(F)F)cc(C(F)(F)F)c1)N1CCN(C2CCc3ccccc3C2)CC1. The second-order valence-electron chi connectivity index (χ2n) is 11.0. The van der Waals surface area contributed by atoms with Gasteiger partial charge in [0.1, 0.15) is 5.75 Å². The number of ether oxygens (including phenoxy) is 1. The van der Waals surface area contributed by atoms with E-state index >= 15 is 0 Å². The highest BCUT2D eigenvalue weighted by molar-refractivity contribution is 5.37. The molecule has 0 aromatic heterocycles. The van der Waals surface area contributed by atoms with E-state index in [2.05, 4.69) is 39.4 Å². The van der Waals surface area contributed by atoms with Crippen LogP contribution in [0, 0.1) is 0 Å². The van der Waals surface area contributed by atoms with Gasteiger partial charge >= 0.3 is 12.4 Å². The van der Waals surface area contributed by atoms with Crippen molar-refractivity contribution in [2.45, 2.75) is 50.2 Å². The third-order valence-corrected chi connectivity index (χ3v) is 8.44. The van der Waals surface area contributed by atoms with Gasteiger partial charge in [-0.15, -0.1) is 0 Å². The Morgan fingerprint density at radius 2 is 1.45 bits per heavy atom. The number of methoxy groups -OCH3 is 1. The molecule has 2 unspecified atom stereocenters.